The van der Waals surface area contributed by atoms with E-state index in [2.05, 4.69) is 36.5 Å². The highest BCUT2D eigenvalue weighted by atomic mass is 16.7. The van der Waals surface area contributed by atoms with Gasteiger partial charge in [-0.1, -0.05) is 121 Å². The summed E-state index contributed by atoms with van der Waals surface area (Å²) < 4.78 is 22.4. The van der Waals surface area contributed by atoms with E-state index in [0.717, 1.165) is 32.1 Å². The van der Waals surface area contributed by atoms with Gasteiger partial charge in [0.15, 0.2) is 12.6 Å². The van der Waals surface area contributed by atoms with Crippen LogP contribution in [0.4, 0.5) is 0 Å². The molecule has 14 heteroatoms. The Morgan fingerprint density at radius 1 is 0.614 bits per heavy atom. The van der Waals surface area contributed by atoms with Gasteiger partial charge in [-0.15, -0.1) is 0 Å². The van der Waals surface area contributed by atoms with Crippen LogP contribution in [0.1, 0.15) is 136 Å². The van der Waals surface area contributed by atoms with Gasteiger partial charge in [0.05, 0.1) is 32.0 Å². The van der Waals surface area contributed by atoms with Gasteiger partial charge in [-0.05, 0) is 44.9 Å². The summed E-state index contributed by atoms with van der Waals surface area (Å²) in [4.78, 5) is 12.6. The fourth-order valence-electron chi connectivity index (χ4n) is 6.89. The lowest BCUT2D eigenvalue weighted by molar-refractivity contribution is -0.359. The summed E-state index contributed by atoms with van der Waals surface area (Å²) in [6.45, 7) is 2.47. The number of hydrogen-bond acceptors (Lipinski definition) is 13. The average Bonchev–Trinajstić information content (AvgIpc) is 3.21. The molecule has 12 unspecified atom stereocenters. The van der Waals surface area contributed by atoms with Crippen molar-refractivity contribution in [3.8, 4) is 0 Å². The zero-order valence-electron chi connectivity index (χ0n) is 34.6. The van der Waals surface area contributed by atoms with Crippen molar-refractivity contribution < 1.29 is 64.6 Å². The van der Waals surface area contributed by atoms with Gasteiger partial charge in [-0.2, -0.15) is 0 Å². The molecule has 0 saturated carbocycles. The molecule has 12 atom stereocenters. The molecule has 2 aliphatic rings. The maximum atomic E-state index is 12.6. The third kappa shape index (κ3) is 19.9. The van der Waals surface area contributed by atoms with Crippen LogP contribution in [0, 0.1) is 0 Å². The maximum absolute atomic E-state index is 12.6. The van der Waals surface area contributed by atoms with Gasteiger partial charge in [-0.25, -0.2) is 0 Å². The third-order valence-corrected chi connectivity index (χ3v) is 10.6. The quantitative estimate of drug-likeness (QED) is 0.0361. The van der Waals surface area contributed by atoms with Gasteiger partial charge in [0.2, 0.25) is 5.91 Å². The van der Waals surface area contributed by atoms with Crippen LogP contribution < -0.4 is 5.32 Å². The Labute approximate surface area is 341 Å². The fraction of sp³-hybridized carbons (Fsp3) is 0.837. The fourth-order valence-corrected chi connectivity index (χ4v) is 6.89. The number of carbonyl (C=O) groups is 1. The lowest BCUT2D eigenvalue weighted by Gasteiger charge is -2.46. The molecule has 0 spiro atoms. The summed E-state index contributed by atoms with van der Waals surface area (Å²) in [7, 11) is 0. The number of aliphatic hydroxyl groups is 8. The van der Waals surface area contributed by atoms with Gasteiger partial charge in [0.1, 0.15) is 48.8 Å². The predicted molar refractivity (Wildman–Crippen MR) is 217 cm³/mol. The van der Waals surface area contributed by atoms with E-state index in [-0.39, 0.29) is 18.9 Å². The number of amides is 1. The number of nitrogens with one attached hydrogen (secondary N) is 1. The van der Waals surface area contributed by atoms with E-state index in [1.165, 1.54) is 70.6 Å². The Bertz CT molecular complexity index is 1100. The Morgan fingerprint density at radius 2 is 1.12 bits per heavy atom. The first kappa shape index (κ1) is 51.4. The van der Waals surface area contributed by atoms with Crippen molar-refractivity contribution in [3.05, 3.63) is 36.5 Å². The predicted octanol–water partition coefficient (Wildman–Crippen LogP) is 3.59. The summed E-state index contributed by atoms with van der Waals surface area (Å²) in [5.74, 6) is -0.292. The van der Waals surface area contributed by atoms with Crippen LogP contribution in [0.25, 0.3) is 0 Å². The van der Waals surface area contributed by atoms with Gasteiger partial charge in [-0.3, -0.25) is 4.79 Å². The van der Waals surface area contributed by atoms with E-state index < -0.39 is 86.8 Å². The smallest absolute Gasteiger partial charge is 0.220 e. The van der Waals surface area contributed by atoms with Gasteiger partial charge in [0.25, 0.3) is 0 Å². The van der Waals surface area contributed by atoms with E-state index in [1.54, 1.807) is 6.08 Å². The number of allylic oxidation sites excluding steroid dienone is 5. The maximum Gasteiger partial charge on any atom is 0.220 e. The van der Waals surface area contributed by atoms with E-state index >= 15 is 0 Å². The van der Waals surface area contributed by atoms with E-state index in [0.29, 0.717) is 12.8 Å². The summed E-state index contributed by atoms with van der Waals surface area (Å²) >= 11 is 0. The molecule has 57 heavy (non-hydrogen) atoms. The number of carbonyl (C=O) groups excluding carboxylic acids is 1. The number of ether oxygens (including phenoxy) is 4. The summed E-state index contributed by atoms with van der Waals surface area (Å²) in [6.07, 6.45) is 16.3. The van der Waals surface area contributed by atoms with Crippen molar-refractivity contribution >= 4 is 5.91 Å². The molecule has 14 nitrogen and oxygen atoms in total. The van der Waals surface area contributed by atoms with Crippen LogP contribution >= 0.6 is 0 Å². The first-order chi connectivity index (χ1) is 27.6. The van der Waals surface area contributed by atoms with Crippen molar-refractivity contribution in [1.82, 2.24) is 5.32 Å². The highest BCUT2D eigenvalue weighted by molar-refractivity contribution is 5.76. The van der Waals surface area contributed by atoms with Crippen LogP contribution in [0.2, 0.25) is 0 Å². The largest absolute Gasteiger partial charge is 0.394 e. The number of unbranched alkanes of at least 4 members (excludes halogenated alkanes) is 14. The molecule has 1 amide bonds. The molecule has 0 bridgehead atoms. The second-order valence-electron chi connectivity index (χ2n) is 15.5. The molecular formula is C43H77NO13. The van der Waals surface area contributed by atoms with Crippen molar-refractivity contribution in [2.24, 2.45) is 0 Å². The Hall–Kier alpha value is -1.79. The molecule has 0 aromatic carbocycles. The highest BCUT2D eigenvalue weighted by Crippen LogP contribution is 2.29. The summed E-state index contributed by atoms with van der Waals surface area (Å²) in [5.41, 5.74) is 0. The molecule has 2 fully saturated rings. The topological polar surface area (TPSA) is 228 Å². The van der Waals surface area contributed by atoms with Crippen LogP contribution in [0.3, 0.4) is 0 Å². The molecule has 0 radical (unpaired) electrons. The highest BCUT2D eigenvalue weighted by Gasteiger charge is 2.50. The number of aliphatic hydroxyl groups excluding tert-OH is 8. The van der Waals surface area contributed by atoms with Gasteiger partial charge >= 0.3 is 0 Å². The second-order valence-corrected chi connectivity index (χ2v) is 15.5. The molecule has 2 aliphatic heterocycles. The third-order valence-electron chi connectivity index (χ3n) is 10.6. The summed E-state index contributed by atoms with van der Waals surface area (Å²) in [5, 5.41) is 85.6. The minimum Gasteiger partial charge on any atom is -0.394 e. The number of hydrogen-bond donors (Lipinski definition) is 9. The van der Waals surface area contributed by atoms with E-state index in [9.17, 15) is 45.6 Å². The zero-order valence-corrected chi connectivity index (χ0v) is 34.6. The molecule has 0 aromatic heterocycles. The number of rotatable bonds is 31. The van der Waals surface area contributed by atoms with E-state index in [4.69, 9.17) is 18.9 Å². The van der Waals surface area contributed by atoms with Crippen molar-refractivity contribution in [2.45, 2.75) is 209 Å². The van der Waals surface area contributed by atoms with Crippen molar-refractivity contribution in [3.63, 3.8) is 0 Å². The standard InChI is InChI=1S/C43H77NO13/c1-3-5-7-8-9-10-11-12-13-14-15-16-17-18-19-20-21-22-23-24-25-26-32(47)31(44-35(48)27-6-4-2)30-54-42-40(53)38(51)41(34(29-46)56-42)57-43-39(52)37(50)36(49)33(28-45)55-43/h17-18,21-22,25-26,31-34,36-43,45-47,49-53H,3-16,19-20,23-24,27-30H2,1-2H3,(H,44,48)/b18-17+,22-21+,26-25+. The first-order valence-corrected chi connectivity index (χ1v) is 21.7. The Morgan fingerprint density at radius 3 is 1.70 bits per heavy atom. The zero-order chi connectivity index (χ0) is 41.8. The van der Waals surface area contributed by atoms with Crippen molar-refractivity contribution in [2.75, 3.05) is 19.8 Å². The van der Waals surface area contributed by atoms with Gasteiger partial charge in [0, 0.05) is 6.42 Å². The molecule has 2 saturated heterocycles. The van der Waals surface area contributed by atoms with Crippen LogP contribution in [-0.2, 0) is 23.7 Å². The Kier molecular flexibility index (Phi) is 28.1. The monoisotopic (exact) mass is 816 g/mol. The first-order valence-electron chi connectivity index (χ1n) is 21.7. The van der Waals surface area contributed by atoms with Gasteiger partial charge < -0.3 is 65.1 Å². The minimum atomic E-state index is -1.79. The average molecular weight is 816 g/mol. The molecule has 2 rings (SSSR count). The lowest BCUT2D eigenvalue weighted by Crippen LogP contribution is -2.65. The van der Waals surface area contributed by atoms with Crippen LogP contribution in [0.5, 0.6) is 0 Å². The second kappa shape index (κ2) is 31.1. The summed E-state index contributed by atoms with van der Waals surface area (Å²) in [6, 6.07) is -0.929. The minimum absolute atomic E-state index is 0.244. The normalized spacial score (nSPS) is 29.4. The van der Waals surface area contributed by atoms with Crippen molar-refractivity contribution in [1.29, 1.82) is 0 Å². The molecule has 332 valence electrons. The van der Waals surface area contributed by atoms with Crippen LogP contribution in [0.15, 0.2) is 36.5 Å². The Balaban J connectivity index is 1.77. The van der Waals surface area contributed by atoms with Crippen LogP contribution in [-0.4, -0.2) is 140 Å². The van der Waals surface area contributed by atoms with E-state index in [1.807, 2.05) is 13.0 Å². The lowest BCUT2D eigenvalue weighted by atomic mass is 9.97. The molecular weight excluding hydrogens is 738 g/mol. The molecule has 9 N–H and O–H groups in total. The molecule has 2 heterocycles. The SMILES string of the molecule is CCCCCCCCCCCCC/C=C/CC/C=C/CC/C=C/C(O)C(COC1OC(CO)C(OC2OC(CO)C(O)C(O)C2O)C(O)C1O)NC(=O)CCCC. The molecule has 0 aromatic rings. The molecule has 0 aliphatic carbocycles.